The van der Waals surface area contributed by atoms with Gasteiger partial charge in [0.05, 0.1) is 5.69 Å². The highest BCUT2D eigenvalue weighted by Gasteiger charge is 2.26. The molecule has 22 heavy (non-hydrogen) atoms. The van der Waals surface area contributed by atoms with Crippen LogP contribution in [0.4, 0.5) is 5.69 Å². The quantitative estimate of drug-likeness (QED) is 0.940. The van der Waals surface area contributed by atoms with Gasteiger partial charge in [0, 0.05) is 19.1 Å². The van der Waals surface area contributed by atoms with E-state index >= 15 is 0 Å². The first-order valence-electron chi connectivity index (χ1n) is 7.31. The minimum atomic E-state index is -3.69. The van der Waals surface area contributed by atoms with Crippen LogP contribution in [0.25, 0.3) is 0 Å². The smallest absolute Gasteiger partial charge is 0.295 e. The van der Waals surface area contributed by atoms with Crippen LogP contribution in [0, 0.1) is 6.92 Å². The van der Waals surface area contributed by atoms with Crippen molar-refractivity contribution < 1.29 is 12.8 Å². The molecule has 5 nitrogen and oxygen atoms in total. The monoisotopic (exact) mass is 320 g/mol. The molecule has 0 bridgehead atoms. The van der Waals surface area contributed by atoms with Crippen molar-refractivity contribution >= 4 is 15.7 Å². The molecule has 2 heterocycles. The first-order chi connectivity index (χ1) is 10.4. The molecular formula is C16H20N2O3S. The Kier molecular flexibility index (Phi) is 3.74. The molecule has 0 saturated carbocycles. The number of hydrogen-bond donors (Lipinski definition) is 1. The Morgan fingerprint density at radius 1 is 1.18 bits per heavy atom. The molecule has 2 aromatic rings. The van der Waals surface area contributed by atoms with Gasteiger partial charge < -0.3 is 4.42 Å². The first kappa shape index (κ1) is 15.1. The standard InChI is InChI=1S/C16H20N2O3S/c1-11(2)18-9-13-5-4-6-15(14(13)10-18)17-22(19,20)16-8-7-12(3)21-16/h4-8,11,17H,9-10H2,1-3H3. The van der Waals surface area contributed by atoms with Gasteiger partial charge >= 0.3 is 0 Å². The second-order valence-electron chi connectivity index (χ2n) is 5.91. The fraction of sp³-hybridized carbons (Fsp3) is 0.375. The van der Waals surface area contributed by atoms with Gasteiger partial charge in [0.25, 0.3) is 10.0 Å². The van der Waals surface area contributed by atoms with Gasteiger partial charge in [0.1, 0.15) is 5.76 Å². The minimum Gasteiger partial charge on any atom is -0.448 e. The predicted molar refractivity (Wildman–Crippen MR) is 85.1 cm³/mol. The van der Waals surface area contributed by atoms with Gasteiger partial charge in [-0.25, -0.2) is 0 Å². The van der Waals surface area contributed by atoms with Crippen LogP contribution in [0.5, 0.6) is 0 Å². The second kappa shape index (κ2) is 5.44. The lowest BCUT2D eigenvalue weighted by Crippen LogP contribution is -2.24. The van der Waals surface area contributed by atoms with E-state index in [1.807, 2.05) is 12.1 Å². The predicted octanol–water partition coefficient (Wildman–Crippen LogP) is 3.11. The van der Waals surface area contributed by atoms with Crippen LogP contribution in [0.1, 0.15) is 30.7 Å². The highest BCUT2D eigenvalue weighted by atomic mass is 32.2. The fourth-order valence-corrected chi connectivity index (χ4v) is 3.73. The zero-order chi connectivity index (χ0) is 15.9. The maximum absolute atomic E-state index is 12.4. The molecule has 0 amide bonds. The van der Waals surface area contributed by atoms with Gasteiger partial charge in [-0.05, 0) is 50.1 Å². The Morgan fingerprint density at radius 3 is 2.59 bits per heavy atom. The van der Waals surface area contributed by atoms with Crippen LogP contribution in [-0.4, -0.2) is 19.4 Å². The van der Waals surface area contributed by atoms with Crippen molar-refractivity contribution in [2.45, 2.75) is 45.0 Å². The molecule has 0 saturated heterocycles. The Labute approximate surface area is 131 Å². The van der Waals surface area contributed by atoms with Crippen molar-refractivity contribution in [3.8, 4) is 0 Å². The molecule has 1 aromatic heterocycles. The molecule has 3 rings (SSSR count). The van der Waals surface area contributed by atoms with E-state index in [2.05, 4.69) is 23.5 Å². The molecule has 0 atom stereocenters. The molecule has 0 aliphatic carbocycles. The van der Waals surface area contributed by atoms with E-state index < -0.39 is 10.0 Å². The van der Waals surface area contributed by atoms with E-state index in [1.54, 1.807) is 19.1 Å². The summed E-state index contributed by atoms with van der Waals surface area (Å²) < 4.78 is 32.7. The van der Waals surface area contributed by atoms with Crippen LogP contribution in [0.2, 0.25) is 0 Å². The zero-order valence-electron chi connectivity index (χ0n) is 13.0. The number of fused-ring (bicyclic) bond motifs is 1. The summed E-state index contributed by atoms with van der Waals surface area (Å²) in [6, 6.07) is 9.27. The molecular weight excluding hydrogens is 300 g/mol. The van der Waals surface area contributed by atoms with Gasteiger partial charge in [-0.2, -0.15) is 8.42 Å². The third-order valence-corrected chi connectivity index (χ3v) is 5.20. The highest BCUT2D eigenvalue weighted by Crippen LogP contribution is 2.31. The van der Waals surface area contributed by atoms with E-state index in [-0.39, 0.29) is 5.09 Å². The molecule has 118 valence electrons. The number of anilines is 1. The van der Waals surface area contributed by atoms with Crippen molar-refractivity contribution in [3.63, 3.8) is 0 Å². The van der Waals surface area contributed by atoms with Gasteiger partial charge in [-0.15, -0.1) is 0 Å². The lowest BCUT2D eigenvalue weighted by Gasteiger charge is -2.19. The summed E-state index contributed by atoms with van der Waals surface area (Å²) in [6.07, 6.45) is 0. The van der Waals surface area contributed by atoms with Crippen LogP contribution in [0.15, 0.2) is 39.8 Å². The van der Waals surface area contributed by atoms with E-state index in [4.69, 9.17) is 4.42 Å². The summed E-state index contributed by atoms with van der Waals surface area (Å²) in [6.45, 7) is 7.60. The van der Waals surface area contributed by atoms with Crippen LogP contribution < -0.4 is 4.72 Å². The molecule has 0 unspecified atom stereocenters. The molecule has 0 spiro atoms. The third-order valence-electron chi connectivity index (χ3n) is 3.96. The summed E-state index contributed by atoms with van der Waals surface area (Å²) in [4.78, 5) is 2.31. The molecule has 1 N–H and O–H groups in total. The topological polar surface area (TPSA) is 62.6 Å². The molecule has 1 aliphatic heterocycles. The average Bonchev–Trinajstić information content (AvgIpc) is 3.05. The normalized spacial score (nSPS) is 15.3. The third kappa shape index (κ3) is 2.76. The number of benzene rings is 1. The van der Waals surface area contributed by atoms with Gasteiger partial charge in [0.2, 0.25) is 5.09 Å². The summed E-state index contributed by atoms with van der Waals surface area (Å²) in [5.74, 6) is 0.574. The number of nitrogens with one attached hydrogen (secondary N) is 1. The summed E-state index contributed by atoms with van der Waals surface area (Å²) in [5.41, 5.74) is 2.85. The maximum Gasteiger partial charge on any atom is 0.295 e. The van der Waals surface area contributed by atoms with E-state index in [9.17, 15) is 8.42 Å². The SMILES string of the molecule is Cc1ccc(S(=O)(=O)Nc2cccc3c2CN(C(C)C)C3)o1. The van der Waals surface area contributed by atoms with Gasteiger partial charge in [-0.3, -0.25) is 9.62 Å². The van der Waals surface area contributed by atoms with Crippen molar-refractivity contribution in [1.29, 1.82) is 0 Å². The molecule has 0 radical (unpaired) electrons. The maximum atomic E-state index is 12.4. The number of hydrogen-bond acceptors (Lipinski definition) is 4. The van der Waals surface area contributed by atoms with Crippen LogP contribution in [-0.2, 0) is 23.1 Å². The Hall–Kier alpha value is -1.79. The lowest BCUT2D eigenvalue weighted by molar-refractivity contribution is 0.227. The average molecular weight is 320 g/mol. The largest absolute Gasteiger partial charge is 0.448 e. The summed E-state index contributed by atoms with van der Waals surface area (Å²) in [7, 11) is -3.69. The Bertz CT molecular complexity index is 793. The molecule has 6 heteroatoms. The molecule has 1 aromatic carbocycles. The van der Waals surface area contributed by atoms with Gasteiger partial charge in [0.15, 0.2) is 0 Å². The summed E-state index contributed by atoms with van der Waals surface area (Å²) >= 11 is 0. The van der Waals surface area contributed by atoms with E-state index in [1.165, 1.54) is 11.6 Å². The number of aryl methyl sites for hydroxylation is 1. The highest BCUT2D eigenvalue weighted by molar-refractivity contribution is 7.92. The lowest BCUT2D eigenvalue weighted by atomic mass is 10.1. The summed E-state index contributed by atoms with van der Waals surface area (Å²) in [5, 5.41) is -0.0543. The van der Waals surface area contributed by atoms with Gasteiger partial charge in [-0.1, -0.05) is 12.1 Å². The van der Waals surface area contributed by atoms with Crippen molar-refractivity contribution in [1.82, 2.24) is 4.90 Å². The number of rotatable bonds is 4. The van der Waals surface area contributed by atoms with Crippen molar-refractivity contribution in [2.24, 2.45) is 0 Å². The van der Waals surface area contributed by atoms with E-state index in [0.29, 0.717) is 17.5 Å². The minimum absolute atomic E-state index is 0.0543. The zero-order valence-corrected chi connectivity index (χ0v) is 13.8. The van der Waals surface area contributed by atoms with Crippen molar-refractivity contribution in [3.05, 3.63) is 47.2 Å². The fourth-order valence-electron chi connectivity index (χ4n) is 2.66. The second-order valence-corrected chi connectivity index (χ2v) is 7.53. The van der Waals surface area contributed by atoms with Crippen LogP contribution in [0.3, 0.4) is 0 Å². The Morgan fingerprint density at radius 2 is 1.95 bits per heavy atom. The number of furan rings is 1. The number of sulfonamides is 1. The number of nitrogens with zero attached hydrogens (tertiary/aromatic N) is 1. The molecule has 0 fully saturated rings. The van der Waals surface area contributed by atoms with Crippen LogP contribution >= 0.6 is 0 Å². The first-order valence-corrected chi connectivity index (χ1v) is 8.79. The molecule has 1 aliphatic rings. The van der Waals surface area contributed by atoms with E-state index in [0.717, 1.165) is 18.7 Å². The van der Waals surface area contributed by atoms with Crippen molar-refractivity contribution in [2.75, 3.05) is 4.72 Å². The Balaban J connectivity index is 1.91.